The van der Waals surface area contributed by atoms with E-state index in [1.165, 1.54) is 17.0 Å². The second-order valence-electron chi connectivity index (χ2n) is 11.2. The SMILES string of the molecule is CCOc1ccc(S(=O)(=O)N(CC(=O)N(Cc2ccc(Cl)cc2)C(CC)C(=O)NC2CCCCC2)c2ccc(C)cc2)cc1. The van der Waals surface area contributed by atoms with E-state index in [9.17, 15) is 18.0 Å². The van der Waals surface area contributed by atoms with E-state index in [-0.39, 0.29) is 23.4 Å². The number of nitrogens with one attached hydrogen (secondary N) is 1. The third-order valence-electron chi connectivity index (χ3n) is 7.93. The van der Waals surface area contributed by atoms with Gasteiger partial charge in [-0.25, -0.2) is 8.42 Å². The maximum Gasteiger partial charge on any atom is 0.264 e. The molecule has 0 aromatic heterocycles. The average molecular weight is 640 g/mol. The summed E-state index contributed by atoms with van der Waals surface area (Å²) in [5, 5.41) is 3.72. The summed E-state index contributed by atoms with van der Waals surface area (Å²) in [7, 11) is -4.17. The quantitative estimate of drug-likeness (QED) is 0.230. The highest BCUT2D eigenvalue weighted by Gasteiger charge is 2.34. The maximum absolute atomic E-state index is 14.3. The lowest BCUT2D eigenvalue weighted by Gasteiger charge is -2.34. The molecule has 1 unspecified atom stereocenters. The second kappa shape index (κ2) is 15.4. The molecule has 44 heavy (non-hydrogen) atoms. The van der Waals surface area contributed by atoms with Gasteiger partial charge in [-0.05, 0) is 87.2 Å². The summed E-state index contributed by atoms with van der Waals surface area (Å²) in [6, 6.07) is 19.5. The van der Waals surface area contributed by atoms with Gasteiger partial charge in [0, 0.05) is 17.6 Å². The number of anilines is 1. The molecule has 0 radical (unpaired) electrons. The van der Waals surface area contributed by atoms with Gasteiger partial charge in [0.2, 0.25) is 11.8 Å². The van der Waals surface area contributed by atoms with Gasteiger partial charge >= 0.3 is 0 Å². The Bertz CT molecular complexity index is 1490. The van der Waals surface area contributed by atoms with Gasteiger partial charge < -0.3 is 15.0 Å². The fourth-order valence-electron chi connectivity index (χ4n) is 5.49. The van der Waals surface area contributed by atoms with Crippen LogP contribution in [0.3, 0.4) is 0 Å². The predicted octanol–water partition coefficient (Wildman–Crippen LogP) is 6.50. The molecule has 2 amide bonds. The zero-order valence-corrected chi connectivity index (χ0v) is 27.2. The lowest BCUT2D eigenvalue weighted by Crippen LogP contribution is -2.54. The zero-order chi connectivity index (χ0) is 31.7. The minimum absolute atomic E-state index is 0.0284. The fourth-order valence-corrected chi connectivity index (χ4v) is 7.03. The topological polar surface area (TPSA) is 96.0 Å². The van der Waals surface area contributed by atoms with Gasteiger partial charge in [0.1, 0.15) is 18.3 Å². The molecule has 1 aliphatic carbocycles. The third kappa shape index (κ3) is 8.54. The lowest BCUT2D eigenvalue weighted by atomic mass is 9.95. The Hall–Kier alpha value is -3.56. The Balaban J connectivity index is 1.69. The Morgan fingerprint density at radius 3 is 2.16 bits per heavy atom. The van der Waals surface area contributed by atoms with Crippen molar-refractivity contribution in [3.8, 4) is 5.75 Å². The van der Waals surface area contributed by atoms with Crippen molar-refractivity contribution in [1.29, 1.82) is 0 Å². The number of carbonyl (C=O) groups excluding carboxylic acids is 2. The monoisotopic (exact) mass is 639 g/mol. The number of hydrogen-bond donors (Lipinski definition) is 1. The van der Waals surface area contributed by atoms with E-state index in [4.69, 9.17) is 16.3 Å². The van der Waals surface area contributed by atoms with Gasteiger partial charge in [-0.2, -0.15) is 0 Å². The van der Waals surface area contributed by atoms with E-state index in [2.05, 4.69) is 5.32 Å². The van der Waals surface area contributed by atoms with E-state index in [0.29, 0.717) is 29.5 Å². The van der Waals surface area contributed by atoms with Gasteiger partial charge in [-0.15, -0.1) is 0 Å². The minimum atomic E-state index is -4.17. The second-order valence-corrected chi connectivity index (χ2v) is 13.5. The molecule has 0 aliphatic heterocycles. The van der Waals surface area contributed by atoms with Crippen LogP contribution in [0.25, 0.3) is 0 Å². The van der Waals surface area contributed by atoms with Crippen LogP contribution < -0.4 is 14.4 Å². The molecule has 1 fully saturated rings. The molecule has 0 heterocycles. The number of aryl methyl sites for hydroxylation is 1. The van der Waals surface area contributed by atoms with Gasteiger partial charge in [-0.1, -0.05) is 67.6 Å². The largest absolute Gasteiger partial charge is 0.494 e. The van der Waals surface area contributed by atoms with Crippen molar-refractivity contribution in [2.75, 3.05) is 17.5 Å². The summed E-state index contributed by atoms with van der Waals surface area (Å²) in [5.41, 5.74) is 2.08. The van der Waals surface area contributed by atoms with Crippen LogP contribution >= 0.6 is 11.6 Å². The predicted molar refractivity (Wildman–Crippen MR) is 174 cm³/mol. The van der Waals surface area contributed by atoms with Gasteiger partial charge in [0.15, 0.2) is 0 Å². The number of amides is 2. The number of ether oxygens (including phenoxy) is 1. The van der Waals surface area contributed by atoms with Crippen LogP contribution in [-0.2, 0) is 26.2 Å². The first-order valence-electron chi connectivity index (χ1n) is 15.3. The van der Waals surface area contributed by atoms with Crippen LogP contribution in [0.4, 0.5) is 5.69 Å². The van der Waals surface area contributed by atoms with Gasteiger partial charge in [-0.3, -0.25) is 13.9 Å². The van der Waals surface area contributed by atoms with E-state index in [1.54, 1.807) is 48.5 Å². The first-order valence-corrected chi connectivity index (χ1v) is 17.1. The molecule has 1 aliphatic rings. The molecule has 1 N–H and O–H groups in total. The Kier molecular flexibility index (Phi) is 11.7. The summed E-state index contributed by atoms with van der Waals surface area (Å²) in [6.07, 6.45) is 5.47. The molecule has 3 aromatic carbocycles. The molecular formula is C34H42ClN3O5S. The van der Waals surface area contributed by atoms with Crippen molar-refractivity contribution in [3.63, 3.8) is 0 Å². The van der Waals surface area contributed by atoms with Gasteiger partial charge in [0.05, 0.1) is 17.2 Å². The van der Waals surface area contributed by atoms with Crippen molar-refractivity contribution in [1.82, 2.24) is 10.2 Å². The molecular weight excluding hydrogens is 598 g/mol. The molecule has 4 rings (SSSR count). The highest BCUT2D eigenvalue weighted by molar-refractivity contribution is 7.92. The van der Waals surface area contributed by atoms with E-state index in [0.717, 1.165) is 47.5 Å². The molecule has 0 saturated heterocycles. The zero-order valence-electron chi connectivity index (χ0n) is 25.7. The van der Waals surface area contributed by atoms with E-state index in [1.807, 2.05) is 32.9 Å². The molecule has 0 bridgehead atoms. The van der Waals surface area contributed by atoms with Crippen molar-refractivity contribution in [2.45, 2.75) is 82.8 Å². The number of rotatable bonds is 13. The fraction of sp³-hybridized carbons (Fsp3) is 0.412. The number of nitrogens with zero attached hydrogens (tertiary/aromatic N) is 2. The van der Waals surface area contributed by atoms with Crippen molar-refractivity contribution < 1.29 is 22.7 Å². The smallest absolute Gasteiger partial charge is 0.264 e. The van der Waals surface area contributed by atoms with Crippen LogP contribution in [0.1, 0.15) is 63.5 Å². The van der Waals surface area contributed by atoms with Crippen LogP contribution in [0.5, 0.6) is 5.75 Å². The van der Waals surface area contributed by atoms with Crippen LogP contribution in [0.15, 0.2) is 77.7 Å². The number of halogens is 1. The molecule has 10 heteroatoms. The summed E-state index contributed by atoms with van der Waals surface area (Å²) in [4.78, 5) is 29.5. The van der Waals surface area contributed by atoms with Crippen LogP contribution in [0.2, 0.25) is 5.02 Å². The van der Waals surface area contributed by atoms with Crippen molar-refractivity contribution in [2.24, 2.45) is 0 Å². The Morgan fingerprint density at radius 2 is 1.57 bits per heavy atom. The normalized spacial score (nSPS) is 14.5. The first-order chi connectivity index (χ1) is 21.1. The third-order valence-corrected chi connectivity index (χ3v) is 9.97. The number of sulfonamides is 1. The summed E-state index contributed by atoms with van der Waals surface area (Å²) < 4.78 is 34.8. The van der Waals surface area contributed by atoms with E-state index >= 15 is 0 Å². The summed E-state index contributed by atoms with van der Waals surface area (Å²) >= 11 is 6.12. The van der Waals surface area contributed by atoms with Crippen molar-refractivity contribution in [3.05, 3.63) is 88.9 Å². The number of carbonyl (C=O) groups is 2. The maximum atomic E-state index is 14.3. The van der Waals surface area contributed by atoms with E-state index < -0.39 is 28.5 Å². The highest BCUT2D eigenvalue weighted by atomic mass is 35.5. The van der Waals surface area contributed by atoms with Gasteiger partial charge in [0.25, 0.3) is 10.0 Å². The number of hydrogen-bond acceptors (Lipinski definition) is 5. The average Bonchev–Trinajstić information content (AvgIpc) is 3.02. The van der Waals surface area contributed by atoms with Crippen LogP contribution in [-0.4, -0.2) is 50.4 Å². The molecule has 0 spiro atoms. The lowest BCUT2D eigenvalue weighted by molar-refractivity contribution is -0.140. The molecule has 3 aromatic rings. The summed E-state index contributed by atoms with van der Waals surface area (Å²) in [5.74, 6) is -0.160. The minimum Gasteiger partial charge on any atom is -0.494 e. The van der Waals surface area contributed by atoms with Crippen molar-refractivity contribution >= 4 is 39.1 Å². The Labute approximate surface area is 266 Å². The Morgan fingerprint density at radius 1 is 0.932 bits per heavy atom. The van der Waals surface area contributed by atoms with Crippen LogP contribution in [0, 0.1) is 6.92 Å². The summed E-state index contributed by atoms with van der Waals surface area (Å²) in [6.45, 7) is 5.71. The highest BCUT2D eigenvalue weighted by Crippen LogP contribution is 2.27. The molecule has 1 saturated carbocycles. The molecule has 1 atom stereocenters. The number of benzene rings is 3. The molecule has 236 valence electrons. The molecule has 8 nitrogen and oxygen atoms in total. The standard InChI is InChI=1S/C34H42ClN3O5S/c1-4-32(34(40)36-28-9-7-6-8-10-28)37(23-26-13-15-27(35)16-14-26)33(39)24-38(29-17-11-25(3)12-18-29)44(41,42)31-21-19-30(20-22-31)43-5-2/h11-22,28,32H,4-10,23-24H2,1-3H3,(H,36,40). The first kappa shape index (κ1) is 33.3.